The molecule has 0 bridgehead atoms. The molecule has 2 rings (SSSR count). The van der Waals surface area contributed by atoms with Crippen molar-refractivity contribution in [2.24, 2.45) is 0 Å². The summed E-state index contributed by atoms with van der Waals surface area (Å²) in [5, 5.41) is 6.85. The molecule has 0 radical (unpaired) electrons. The molecule has 3 nitrogen and oxygen atoms in total. The van der Waals surface area contributed by atoms with Crippen LogP contribution in [0.1, 0.15) is 5.56 Å². The normalized spacial score (nSPS) is 21.5. The van der Waals surface area contributed by atoms with Crippen LogP contribution in [0.15, 0.2) is 30.3 Å². The Morgan fingerprint density at radius 2 is 2.20 bits per heavy atom. The first-order valence-corrected chi connectivity index (χ1v) is 5.51. The number of morpholine rings is 1. The van der Waals surface area contributed by atoms with Gasteiger partial charge in [-0.1, -0.05) is 30.3 Å². The second kappa shape index (κ2) is 5.85. The van der Waals surface area contributed by atoms with Crippen LogP contribution in [0.2, 0.25) is 0 Å². The van der Waals surface area contributed by atoms with E-state index in [0.29, 0.717) is 6.04 Å². The molecule has 15 heavy (non-hydrogen) atoms. The molecule has 0 spiro atoms. The standard InChI is InChI=1S/C12H18N2O/c1-2-4-11(5-3-1)8-13-9-12-10-15-7-6-14-12/h1-5,12-14H,6-10H2/t12-/m0/s1. The average molecular weight is 206 g/mol. The van der Waals surface area contributed by atoms with Crippen LogP contribution in [0, 0.1) is 0 Å². The first kappa shape index (κ1) is 10.6. The van der Waals surface area contributed by atoms with Crippen molar-refractivity contribution in [3.63, 3.8) is 0 Å². The third-order valence-electron chi connectivity index (χ3n) is 2.56. The molecule has 2 N–H and O–H groups in total. The van der Waals surface area contributed by atoms with Gasteiger partial charge in [-0.25, -0.2) is 0 Å². The molecule has 1 fully saturated rings. The van der Waals surface area contributed by atoms with Gasteiger partial charge in [-0.2, -0.15) is 0 Å². The molecule has 82 valence electrons. The summed E-state index contributed by atoms with van der Waals surface area (Å²) in [5.74, 6) is 0. The third kappa shape index (κ3) is 3.63. The van der Waals surface area contributed by atoms with Gasteiger partial charge in [-0.05, 0) is 5.56 Å². The topological polar surface area (TPSA) is 33.3 Å². The van der Waals surface area contributed by atoms with Gasteiger partial charge < -0.3 is 15.4 Å². The lowest BCUT2D eigenvalue weighted by Gasteiger charge is -2.24. The summed E-state index contributed by atoms with van der Waals surface area (Å²) in [7, 11) is 0. The van der Waals surface area contributed by atoms with Crippen molar-refractivity contribution in [2.75, 3.05) is 26.3 Å². The van der Waals surface area contributed by atoms with E-state index in [1.54, 1.807) is 0 Å². The van der Waals surface area contributed by atoms with E-state index in [4.69, 9.17) is 4.74 Å². The Hall–Kier alpha value is -0.900. The monoisotopic (exact) mass is 206 g/mol. The summed E-state index contributed by atoms with van der Waals surface area (Å²) in [6, 6.07) is 10.9. The van der Waals surface area contributed by atoms with Crippen LogP contribution < -0.4 is 10.6 Å². The van der Waals surface area contributed by atoms with Crippen molar-refractivity contribution < 1.29 is 4.74 Å². The summed E-state index contributed by atoms with van der Waals surface area (Å²) >= 11 is 0. The highest BCUT2D eigenvalue weighted by Gasteiger charge is 2.11. The SMILES string of the molecule is c1ccc(CNC[C@H]2COCCN2)cc1. The van der Waals surface area contributed by atoms with Gasteiger partial charge in [-0.3, -0.25) is 0 Å². The molecule has 0 amide bonds. The van der Waals surface area contributed by atoms with Gasteiger partial charge in [0.05, 0.1) is 13.2 Å². The molecule has 0 unspecified atom stereocenters. The van der Waals surface area contributed by atoms with E-state index in [1.807, 2.05) is 6.07 Å². The zero-order chi connectivity index (χ0) is 10.3. The Bertz CT molecular complexity index is 270. The first-order chi connectivity index (χ1) is 7.45. The van der Waals surface area contributed by atoms with Crippen molar-refractivity contribution in [1.82, 2.24) is 10.6 Å². The molecule has 0 saturated carbocycles. The maximum Gasteiger partial charge on any atom is 0.0632 e. The lowest BCUT2D eigenvalue weighted by atomic mass is 10.2. The molecular weight excluding hydrogens is 188 g/mol. The van der Waals surface area contributed by atoms with E-state index in [2.05, 4.69) is 34.9 Å². The fourth-order valence-electron chi connectivity index (χ4n) is 1.74. The second-order valence-corrected chi connectivity index (χ2v) is 3.84. The summed E-state index contributed by atoms with van der Waals surface area (Å²) < 4.78 is 5.38. The fraction of sp³-hybridized carbons (Fsp3) is 0.500. The quantitative estimate of drug-likeness (QED) is 0.763. The molecule has 1 aromatic carbocycles. The van der Waals surface area contributed by atoms with Crippen LogP contribution in [0.4, 0.5) is 0 Å². The van der Waals surface area contributed by atoms with Gasteiger partial charge in [0, 0.05) is 25.7 Å². The van der Waals surface area contributed by atoms with E-state index in [9.17, 15) is 0 Å². The number of hydrogen-bond acceptors (Lipinski definition) is 3. The van der Waals surface area contributed by atoms with Crippen molar-refractivity contribution in [1.29, 1.82) is 0 Å². The summed E-state index contributed by atoms with van der Waals surface area (Å²) in [6.07, 6.45) is 0. The highest BCUT2D eigenvalue weighted by Crippen LogP contribution is 1.97. The van der Waals surface area contributed by atoms with E-state index >= 15 is 0 Å². The molecule has 1 aliphatic heterocycles. The van der Waals surface area contributed by atoms with E-state index in [0.717, 1.165) is 32.8 Å². The van der Waals surface area contributed by atoms with E-state index in [-0.39, 0.29) is 0 Å². The van der Waals surface area contributed by atoms with Crippen molar-refractivity contribution in [2.45, 2.75) is 12.6 Å². The van der Waals surface area contributed by atoms with Crippen LogP contribution >= 0.6 is 0 Å². The van der Waals surface area contributed by atoms with E-state index < -0.39 is 0 Å². The third-order valence-corrected chi connectivity index (χ3v) is 2.56. The lowest BCUT2D eigenvalue weighted by molar-refractivity contribution is 0.0766. The van der Waals surface area contributed by atoms with Crippen molar-refractivity contribution in [3.05, 3.63) is 35.9 Å². The van der Waals surface area contributed by atoms with Gasteiger partial charge in [0.25, 0.3) is 0 Å². The van der Waals surface area contributed by atoms with E-state index in [1.165, 1.54) is 5.56 Å². The largest absolute Gasteiger partial charge is 0.378 e. The molecule has 1 aliphatic rings. The van der Waals surface area contributed by atoms with Crippen LogP contribution in [-0.2, 0) is 11.3 Å². The number of rotatable bonds is 4. The number of benzene rings is 1. The molecular formula is C12H18N2O. The van der Waals surface area contributed by atoms with Crippen LogP contribution in [0.5, 0.6) is 0 Å². The summed E-state index contributed by atoms with van der Waals surface area (Å²) in [5.41, 5.74) is 1.33. The zero-order valence-electron chi connectivity index (χ0n) is 8.91. The van der Waals surface area contributed by atoms with Gasteiger partial charge in [-0.15, -0.1) is 0 Å². The second-order valence-electron chi connectivity index (χ2n) is 3.84. The first-order valence-electron chi connectivity index (χ1n) is 5.51. The molecule has 1 saturated heterocycles. The number of hydrogen-bond donors (Lipinski definition) is 2. The molecule has 0 aromatic heterocycles. The van der Waals surface area contributed by atoms with Crippen molar-refractivity contribution >= 4 is 0 Å². The summed E-state index contributed by atoms with van der Waals surface area (Å²) in [6.45, 7) is 4.53. The van der Waals surface area contributed by atoms with Crippen LogP contribution in [0.3, 0.4) is 0 Å². The fourth-order valence-corrected chi connectivity index (χ4v) is 1.74. The van der Waals surface area contributed by atoms with Gasteiger partial charge in [0.15, 0.2) is 0 Å². The lowest BCUT2D eigenvalue weighted by Crippen LogP contribution is -2.47. The predicted octanol–water partition coefficient (Wildman–Crippen LogP) is 0.765. The molecule has 1 atom stereocenters. The Labute approximate surface area is 90.8 Å². The minimum absolute atomic E-state index is 0.461. The molecule has 0 aliphatic carbocycles. The average Bonchev–Trinajstić information content (AvgIpc) is 2.32. The molecule has 1 aromatic rings. The van der Waals surface area contributed by atoms with Gasteiger partial charge >= 0.3 is 0 Å². The highest BCUT2D eigenvalue weighted by molar-refractivity contribution is 5.14. The molecule has 3 heteroatoms. The van der Waals surface area contributed by atoms with Gasteiger partial charge in [0.2, 0.25) is 0 Å². The minimum Gasteiger partial charge on any atom is -0.378 e. The predicted molar refractivity (Wildman–Crippen MR) is 60.8 cm³/mol. The maximum atomic E-state index is 5.38. The number of nitrogens with one attached hydrogen (secondary N) is 2. The minimum atomic E-state index is 0.461. The maximum absolute atomic E-state index is 5.38. The Balaban J connectivity index is 1.66. The highest BCUT2D eigenvalue weighted by atomic mass is 16.5. The zero-order valence-corrected chi connectivity index (χ0v) is 8.91. The smallest absolute Gasteiger partial charge is 0.0632 e. The Morgan fingerprint density at radius 1 is 1.33 bits per heavy atom. The summed E-state index contributed by atoms with van der Waals surface area (Å²) in [4.78, 5) is 0. The van der Waals surface area contributed by atoms with Crippen LogP contribution in [0.25, 0.3) is 0 Å². The Kier molecular flexibility index (Phi) is 4.14. The van der Waals surface area contributed by atoms with Gasteiger partial charge in [0.1, 0.15) is 0 Å². The van der Waals surface area contributed by atoms with Crippen LogP contribution in [-0.4, -0.2) is 32.3 Å². The number of ether oxygens (including phenoxy) is 1. The van der Waals surface area contributed by atoms with Crippen molar-refractivity contribution in [3.8, 4) is 0 Å². The molecule has 1 heterocycles. The Morgan fingerprint density at radius 3 is 2.93 bits per heavy atom.